The number of nitrogens with one attached hydrogen (secondary N) is 6. The molecule has 0 radical (unpaired) electrons. The fourth-order valence-corrected chi connectivity index (χ4v) is 8.76. The molecule has 1 saturated carbocycles. The Labute approximate surface area is 405 Å². The molecule has 1 aliphatic carbocycles. The van der Waals surface area contributed by atoms with Crippen LogP contribution in [0.25, 0.3) is 0 Å². The minimum absolute atomic E-state index is 0.00844. The molecule has 0 spiro atoms. The van der Waals surface area contributed by atoms with Crippen LogP contribution in [-0.2, 0) is 43.2 Å². The average molecular weight is 998 g/mol. The van der Waals surface area contributed by atoms with Crippen molar-refractivity contribution in [2.45, 2.75) is 133 Å². The van der Waals surface area contributed by atoms with Gasteiger partial charge in [-0.3, -0.25) is 47.9 Å². The Kier molecular flexibility index (Phi) is 22.0. The van der Waals surface area contributed by atoms with E-state index in [0.717, 1.165) is 37.5 Å². The Hall–Kier alpha value is -7.17. The lowest BCUT2D eigenvalue weighted by molar-refractivity contribution is -0.141. The Morgan fingerprint density at radius 3 is 1.59 bits per heavy atom. The van der Waals surface area contributed by atoms with Crippen molar-refractivity contribution < 1.29 is 72.0 Å². The van der Waals surface area contributed by atoms with Crippen molar-refractivity contribution in [3.8, 4) is 0 Å². The number of alkyl halides is 2. The first-order chi connectivity index (χ1) is 33.3. The molecular weight excluding hydrogens is 941 g/mol. The summed E-state index contributed by atoms with van der Waals surface area (Å²) in [4.78, 5) is 136. The van der Waals surface area contributed by atoms with Crippen molar-refractivity contribution in [1.29, 1.82) is 0 Å². The maximum Gasteiger partial charge on any atom is 0.305 e. The van der Waals surface area contributed by atoms with Gasteiger partial charge in [0.1, 0.15) is 36.3 Å². The van der Waals surface area contributed by atoms with Crippen LogP contribution >= 0.6 is 11.3 Å². The first-order valence-electron chi connectivity index (χ1n) is 22.6. The van der Waals surface area contributed by atoms with Crippen molar-refractivity contribution in [2.75, 3.05) is 0 Å². The number of carboxylic acids is 3. The number of ketones is 1. The van der Waals surface area contributed by atoms with Gasteiger partial charge in [-0.2, -0.15) is 0 Å². The molecular formula is C47H57F2N7O13S. The first kappa shape index (κ1) is 55.4. The highest BCUT2D eigenvalue weighted by Gasteiger charge is 2.39. The molecule has 3 aromatic rings. The number of halogens is 2. The maximum absolute atomic E-state index is 14.9. The van der Waals surface area contributed by atoms with Crippen molar-refractivity contribution in [3.63, 3.8) is 0 Å². The second kappa shape index (κ2) is 27.7. The summed E-state index contributed by atoms with van der Waals surface area (Å²) in [6.45, 7) is 1.02. The number of carbonyl (C=O) groups excluding carboxylic acids is 7. The van der Waals surface area contributed by atoms with Crippen molar-refractivity contribution >= 4 is 70.5 Å². The summed E-state index contributed by atoms with van der Waals surface area (Å²) in [5.41, 5.74) is 0.850. The van der Waals surface area contributed by atoms with Gasteiger partial charge in [-0.05, 0) is 36.3 Å². The molecule has 2 aromatic carbocycles. The van der Waals surface area contributed by atoms with Crippen LogP contribution in [0.3, 0.4) is 0 Å². The first-order valence-corrected chi connectivity index (χ1v) is 23.5. The van der Waals surface area contributed by atoms with Gasteiger partial charge in [-0.1, -0.05) is 92.8 Å². The SMILES string of the molecule is CC(=O)N[C@@H](CC(=O)O)C(=O)N[C@@H](CCC(=O)O)C(=O)N[C@H](C(=O)N[C@@H](CCC(=O)O)C(=O)N[C@@H](CC1CCCCC1)C(=O)NC(CC(F)F)C(=O)c1nccs1)C(c1ccccc1)c1ccccc1. The van der Waals surface area contributed by atoms with Crippen LogP contribution in [0.4, 0.5) is 8.78 Å². The lowest BCUT2D eigenvalue weighted by Gasteiger charge is -2.32. The lowest BCUT2D eigenvalue weighted by atomic mass is 9.84. The molecule has 0 bridgehead atoms. The zero-order valence-corrected chi connectivity index (χ0v) is 39.0. The standard InChI is InChI=1S/C47H57F2N7O13S/c1-26(57)51-34(25-38(62)63)45(68)52-31(18-20-37(60)61)43(66)56-40(39(28-13-7-3-8-14-28)29-15-9-4-10-16-29)46(69)53-30(17-19-36(58)59)42(65)55-33(23-27-11-5-2-6-12-27)44(67)54-32(24-35(48)49)41(64)47-50-21-22-70-47/h3-4,7-10,13-16,21-22,27,30-35,39-40H,2,5-6,11-12,17-20,23-25H2,1H3,(H,51,57)(H,52,68)(H,53,69)(H,54,67)(H,55,65)(H,56,66)(H,58,59)(H,60,61)(H,62,63)/t30-,31-,32?,33-,34-,40-/m0/s1. The molecule has 1 aliphatic rings. The lowest BCUT2D eigenvalue weighted by Crippen LogP contribution is -2.61. The van der Waals surface area contributed by atoms with Crippen LogP contribution in [0.5, 0.6) is 0 Å². The van der Waals surface area contributed by atoms with Crippen LogP contribution in [0.2, 0.25) is 0 Å². The minimum Gasteiger partial charge on any atom is -0.481 e. The number of aliphatic carboxylic acids is 3. The van der Waals surface area contributed by atoms with Crippen LogP contribution in [0, 0.1) is 5.92 Å². The van der Waals surface area contributed by atoms with Gasteiger partial charge in [0.25, 0.3) is 0 Å². The smallest absolute Gasteiger partial charge is 0.305 e. The van der Waals surface area contributed by atoms with Gasteiger partial charge < -0.3 is 47.2 Å². The summed E-state index contributed by atoms with van der Waals surface area (Å²) in [5, 5.41) is 44.5. The van der Waals surface area contributed by atoms with Gasteiger partial charge in [0.15, 0.2) is 5.01 Å². The molecule has 23 heteroatoms. The predicted molar refractivity (Wildman–Crippen MR) is 246 cm³/mol. The molecule has 378 valence electrons. The summed E-state index contributed by atoms with van der Waals surface area (Å²) >= 11 is 0.879. The molecule has 0 aliphatic heterocycles. The van der Waals surface area contributed by atoms with E-state index in [0.29, 0.717) is 24.0 Å². The minimum atomic E-state index is -3.03. The summed E-state index contributed by atoms with van der Waals surface area (Å²) in [7, 11) is 0. The van der Waals surface area contributed by atoms with Crippen molar-refractivity contribution in [3.05, 3.63) is 88.4 Å². The molecule has 9 N–H and O–H groups in total. The van der Waals surface area contributed by atoms with Crippen molar-refractivity contribution in [2.24, 2.45) is 5.92 Å². The summed E-state index contributed by atoms with van der Waals surface area (Å²) in [6, 6.07) is 6.24. The number of rotatable bonds is 28. The third kappa shape index (κ3) is 18.1. The second-order valence-electron chi connectivity index (χ2n) is 16.8. The van der Waals surface area contributed by atoms with E-state index in [9.17, 15) is 72.0 Å². The summed E-state index contributed by atoms with van der Waals surface area (Å²) in [5.74, 6) is -12.7. The largest absolute Gasteiger partial charge is 0.481 e. The average Bonchev–Trinajstić information content (AvgIpc) is 3.86. The van der Waals surface area contributed by atoms with Gasteiger partial charge >= 0.3 is 17.9 Å². The van der Waals surface area contributed by atoms with Crippen LogP contribution in [0.1, 0.15) is 111 Å². The monoisotopic (exact) mass is 997 g/mol. The predicted octanol–water partition coefficient (Wildman–Crippen LogP) is 2.92. The fourth-order valence-electron chi connectivity index (χ4n) is 8.12. The Bertz CT molecular complexity index is 2230. The van der Waals surface area contributed by atoms with E-state index in [1.807, 2.05) is 0 Å². The zero-order chi connectivity index (χ0) is 51.3. The highest BCUT2D eigenvalue weighted by molar-refractivity contribution is 7.11. The van der Waals surface area contributed by atoms with Crippen molar-refractivity contribution in [1.82, 2.24) is 36.9 Å². The fraction of sp³-hybridized carbons (Fsp3) is 0.468. The molecule has 70 heavy (non-hydrogen) atoms. The number of aromatic nitrogens is 1. The Balaban J connectivity index is 1.75. The quantitative estimate of drug-likeness (QED) is 0.0473. The summed E-state index contributed by atoms with van der Waals surface area (Å²) < 4.78 is 27.6. The Morgan fingerprint density at radius 2 is 1.10 bits per heavy atom. The highest BCUT2D eigenvalue weighted by Crippen LogP contribution is 2.30. The highest BCUT2D eigenvalue weighted by atomic mass is 32.1. The number of hydrogen-bond donors (Lipinski definition) is 9. The van der Waals surface area contributed by atoms with Gasteiger partial charge in [0, 0.05) is 43.7 Å². The van der Waals surface area contributed by atoms with Crippen LogP contribution in [-0.4, -0.2) is 122 Å². The third-order valence-electron chi connectivity index (χ3n) is 11.5. The topological polar surface area (TPSA) is 316 Å². The maximum atomic E-state index is 14.9. The molecule has 0 saturated heterocycles. The van der Waals surface area contributed by atoms with E-state index in [1.165, 1.54) is 11.6 Å². The molecule has 1 aromatic heterocycles. The number of carboxylic acid groups (broad SMARTS) is 3. The van der Waals surface area contributed by atoms with E-state index < -0.39 is 146 Å². The number of nitrogens with zero attached hydrogens (tertiary/aromatic N) is 1. The molecule has 1 fully saturated rings. The number of hydrogen-bond acceptors (Lipinski definition) is 12. The zero-order valence-electron chi connectivity index (χ0n) is 38.1. The number of carbonyl (C=O) groups is 10. The third-order valence-corrected chi connectivity index (χ3v) is 12.3. The summed E-state index contributed by atoms with van der Waals surface area (Å²) in [6.07, 6.45) is -2.49. The van der Waals surface area contributed by atoms with Crippen LogP contribution in [0.15, 0.2) is 72.2 Å². The number of benzene rings is 2. The molecule has 1 heterocycles. The normalized spacial score (nSPS) is 15.2. The molecule has 1 unspecified atom stereocenters. The molecule has 4 rings (SSSR count). The van der Waals surface area contributed by atoms with E-state index in [4.69, 9.17) is 0 Å². The molecule has 6 amide bonds. The van der Waals surface area contributed by atoms with Gasteiger partial charge in [0.2, 0.25) is 47.7 Å². The van der Waals surface area contributed by atoms with E-state index in [1.54, 1.807) is 60.7 Å². The van der Waals surface area contributed by atoms with Gasteiger partial charge in [-0.25, -0.2) is 13.8 Å². The van der Waals surface area contributed by atoms with Gasteiger partial charge in [-0.15, -0.1) is 11.3 Å². The Morgan fingerprint density at radius 1 is 0.614 bits per heavy atom. The second-order valence-corrected chi connectivity index (χ2v) is 17.7. The molecule has 20 nitrogen and oxygen atoms in total. The van der Waals surface area contributed by atoms with E-state index >= 15 is 0 Å². The number of amides is 6. The van der Waals surface area contributed by atoms with Gasteiger partial charge in [0.05, 0.1) is 6.42 Å². The van der Waals surface area contributed by atoms with E-state index in [2.05, 4.69) is 36.9 Å². The number of thiazole rings is 1. The van der Waals surface area contributed by atoms with E-state index in [-0.39, 0.29) is 17.3 Å². The van der Waals surface area contributed by atoms with Crippen LogP contribution < -0.4 is 31.9 Å². The molecule has 6 atom stereocenters. The number of Topliss-reactive ketones (excluding diaryl/α,β-unsaturated/α-hetero) is 1.